The highest BCUT2D eigenvalue weighted by molar-refractivity contribution is 5.28. The van der Waals surface area contributed by atoms with E-state index in [1.54, 1.807) is 7.11 Å². The van der Waals surface area contributed by atoms with Gasteiger partial charge in [-0.05, 0) is 23.3 Å². The monoisotopic (exact) mass is 337 g/mol. The van der Waals surface area contributed by atoms with Crippen molar-refractivity contribution in [2.45, 2.75) is 19.2 Å². The van der Waals surface area contributed by atoms with Crippen LogP contribution in [-0.2, 0) is 13.1 Å². The zero-order valence-corrected chi connectivity index (χ0v) is 14.3. The van der Waals surface area contributed by atoms with Crippen LogP contribution in [0.4, 0.5) is 0 Å². The number of rotatable bonds is 8. The Labute approximate surface area is 147 Å². The predicted molar refractivity (Wildman–Crippen MR) is 97.4 cm³/mol. The lowest BCUT2D eigenvalue weighted by Crippen LogP contribution is -2.20. The van der Waals surface area contributed by atoms with Gasteiger partial charge >= 0.3 is 0 Å². The topological polar surface area (TPSA) is 59.3 Å². The average molecular weight is 337 g/mol. The molecule has 0 amide bonds. The molecule has 3 aromatic rings. The summed E-state index contributed by atoms with van der Waals surface area (Å²) in [4.78, 5) is 0. The molecule has 1 atom stereocenters. The summed E-state index contributed by atoms with van der Waals surface area (Å²) in [6.45, 7) is 1.91. The molecule has 3 rings (SSSR count). The smallest absolute Gasteiger partial charge is 0.118 e. The highest BCUT2D eigenvalue weighted by atomic mass is 16.5. The zero-order chi connectivity index (χ0) is 17.5. The minimum Gasteiger partial charge on any atom is -0.497 e. The lowest BCUT2D eigenvalue weighted by atomic mass is 10.1. The average Bonchev–Trinajstić information content (AvgIpc) is 3.10. The Kier molecular flexibility index (Phi) is 5.82. The molecule has 0 spiro atoms. The summed E-state index contributed by atoms with van der Waals surface area (Å²) in [5, 5.41) is 17.9. The third kappa shape index (κ3) is 4.92. The van der Waals surface area contributed by atoms with Crippen LogP contribution in [0.1, 0.15) is 22.8 Å². The maximum atomic E-state index is 10.2. The largest absolute Gasteiger partial charge is 0.497 e. The van der Waals surface area contributed by atoms with Crippen molar-refractivity contribution in [2.75, 3.05) is 13.7 Å². The van der Waals surface area contributed by atoms with Gasteiger partial charge in [-0.1, -0.05) is 42.5 Å². The minimum absolute atomic E-state index is 0.482. The number of nitrogens with one attached hydrogen (secondary N) is 1. The van der Waals surface area contributed by atoms with Gasteiger partial charge in [-0.25, -0.2) is 0 Å². The van der Waals surface area contributed by atoms with Crippen molar-refractivity contribution >= 4 is 0 Å². The van der Waals surface area contributed by atoms with Gasteiger partial charge in [0.1, 0.15) is 5.75 Å². The Morgan fingerprint density at radius 1 is 1.08 bits per heavy atom. The van der Waals surface area contributed by atoms with Gasteiger partial charge in [0.2, 0.25) is 0 Å². The van der Waals surface area contributed by atoms with Gasteiger partial charge in [-0.2, -0.15) is 5.10 Å². The number of hydrogen-bond donors (Lipinski definition) is 2. The first-order chi connectivity index (χ1) is 12.2. The third-order valence-electron chi connectivity index (χ3n) is 4.04. The molecule has 0 fully saturated rings. The van der Waals surface area contributed by atoms with Crippen LogP contribution < -0.4 is 10.1 Å². The Bertz CT molecular complexity index is 769. The van der Waals surface area contributed by atoms with Gasteiger partial charge in [-0.3, -0.25) is 4.68 Å². The van der Waals surface area contributed by atoms with Gasteiger partial charge in [0.15, 0.2) is 0 Å². The van der Waals surface area contributed by atoms with E-state index in [0.29, 0.717) is 13.1 Å². The molecule has 5 nitrogen and oxygen atoms in total. The molecule has 0 bridgehead atoms. The van der Waals surface area contributed by atoms with E-state index >= 15 is 0 Å². The lowest BCUT2D eigenvalue weighted by Gasteiger charge is -2.12. The van der Waals surface area contributed by atoms with Crippen molar-refractivity contribution in [2.24, 2.45) is 0 Å². The molecule has 0 saturated carbocycles. The third-order valence-corrected chi connectivity index (χ3v) is 4.04. The minimum atomic E-state index is -0.551. The maximum Gasteiger partial charge on any atom is 0.118 e. The summed E-state index contributed by atoms with van der Waals surface area (Å²) in [5.74, 6) is 0.787. The number of methoxy groups -OCH3 is 1. The van der Waals surface area contributed by atoms with Crippen molar-refractivity contribution in [3.63, 3.8) is 0 Å². The second-order valence-corrected chi connectivity index (χ2v) is 5.95. The van der Waals surface area contributed by atoms with Crippen LogP contribution >= 0.6 is 0 Å². The molecule has 1 heterocycles. The molecule has 0 saturated heterocycles. The van der Waals surface area contributed by atoms with Crippen LogP contribution in [0.25, 0.3) is 0 Å². The van der Waals surface area contributed by atoms with Crippen LogP contribution in [0, 0.1) is 0 Å². The fraction of sp³-hybridized carbons (Fsp3) is 0.250. The fourth-order valence-electron chi connectivity index (χ4n) is 2.65. The number of aliphatic hydroxyl groups excluding tert-OH is 1. The summed E-state index contributed by atoms with van der Waals surface area (Å²) in [6, 6.07) is 17.7. The van der Waals surface area contributed by atoms with Crippen LogP contribution in [0.5, 0.6) is 5.75 Å². The van der Waals surface area contributed by atoms with E-state index in [4.69, 9.17) is 4.74 Å². The number of ether oxygens (including phenoxy) is 1. The van der Waals surface area contributed by atoms with Crippen molar-refractivity contribution in [3.05, 3.63) is 83.7 Å². The van der Waals surface area contributed by atoms with E-state index in [1.807, 2.05) is 59.5 Å². The second kappa shape index (κ2) is 8.46. The first-order valence-corrected chi connectivity index (χ1v) is 8.32. The first kappa shape index (κ1) is 17.2. The predicted octanol–water partition coefficient (Wildman–Crippen LogP) is 2.76. The molecular weight excluding hydrogens is 314 g/mol. The SMILES string of the molecule is COc1ccc([C@H](O)CNCc2cnn(Cc3ccccc3)c2)cc1. The van der Waals surface area contributed by atoms with E-state index in [2.05, 4.69) is 22.5 Å². The van der Waals surface area contributed by atoms with Crippen molar-refractivity contribution < 1.29 is 9.84 Å². The van der Waals surface area contributed by atoms with Gasteiger partial charge in [0.05, 0.1) is 26.0 Å². The Morgan fingerprint density at radius 3 is 2.56 bits per heavy atom. The Balaban J connectivity index is 1.47. The van der Waals surface area contributed by atoms with E-state index in [-0.39, 0.29) is 0 Å². The fourth-order valence-corrected chi connectivity index (χ4v) is 2.65. The van der Waals surface area contributed by atoms with Gasteiger partial charge in [-0.15, -0.1) is 0 Å². The highest BCUT2D eigenvalue weighted by Crippen LogP contribution is 2.17. The Morgan fingerprint density at radius 2 is 1.84 bits per heavy atom. The molecule has 0 aliphatic heterocycles. The molecule has 2 N–H and O–H groups in total. The van der Waals surface area contributed by atoms with Crippen LogP contribution in [0.3, 0.4) is 0 Å². The maximum absolute atomic E-state index is 10.2. The number of nitrogens with zero attached hydrogens (tertiary/aromatic N) is 2. The molecule has 0 unspecified atom stereocenters. The quantitative estimate of drug-likeness (QED) is 0.664. The summed E-state index contributed by atoms with van der Waals surface area (Å²) in [5.41, 5.74) is 3.19. The summed E-state index contributed by atoms with van der Waals surface area (Å²) < 4.78 is 7.05. The molecule has 0 radical (unpaired) electrons. The molecule has 130 valence electrons. The van der Waals surface area contributed by atoms with E-state index in [9.17, 15) is 5.11 Å². The van der Waals surface area contributed by atoms with E-state index in [0.717, 1.165) is 23.4 Å². The number of benzene rings is 2. The standard InChI is InChI=1S/C20H23N3O2/c1-25-19-9-7-18(8-10-19)20(24)13-21-11-17-12-22-23(15-17)14-16-5-3-2-4-6-16/h2-10,12,15,20-21,24H,11,13-14H2,1H3/t20-/m1/s1. The normalized spacial score (nSPS) is 12.1. The first-order valence-electron chi connectivity index (χ1n) is 8.32. The van der Waals surface area contributed by atoms with Crippen LogP contribution in [0.15, 0.2) is 67.0 Å². The number of hydrogen-bond acceptors (Lipinski definition) is 4. The molecule has 1 aromatic heterocycles. The van der Waals surface area contributed by atoms with Gasteiger partial charge < -0.3 is 15.2 Å². The van der Waals surface area contributed by atoms with Crippen LogP contribution in [-0.4, -0.2) is 28.5 Å². The second-order valence-electron chi connectivity index (χ2n) is 5.95. The van der Waals surface area contributed by atoms with E-state index in [1.165, 1.54) is 5.56 Å². The van der Waals surface area contributed by atoms with Crippen molar-refractivity contribution in [1.82, 2.24) is 15.1 Å². The van der Waals surface area contributed by atoms with Crippen LogP contribution in [0.2, 0.25) is 0 Å². The Hall–Kier alpha value is -2.63. The number of aliphatic hydroxyl groups is 1. The zero-order valence-electron chi connectivity index (χ0n) is 14.3. The van der Waals surface area contributed by atoms with Gasteiger partial charge in [0, 0.05) is 24.8 Å². The van der Waals surface area contributed by atoms with Crippen molar-refractivity contribution in [1.29, 1.82) is 0 Å². The van der Waals surface area contributed by atoms with Crippen molar-refractivity contribution in [3.8, 4) is 5.75 Å². The number of aromatic nitrogens is 2. The molecule has 0 aliphatic rings. The molecular formula is C20H23N3O2. The van der Waals surface area contributed by atoms with Gasteiger partial charge in [0.25, 0.3) is 0 Å². The summed E-state index contributed by atoms with van der Waals surface area (Å²) in [6.07, 6.45) is 3.33. The molecule has 2 aromatic carbocycles. The summed E-state index contributed by atoms with van der Waals surface area (Å²) >= 11 is 0. The molecule has 5 heteroatoms. The molecule has 25 heavy (non-hydrogen) atoms. The molecule has 0 aliphatic carbocycles. The highest BCUT2D eigenvalue weighted by Gasteiger charge is 2.07. The van der Waals surface area contributed by atoms with E-state index < -0.39 is 6.10 Å². The summed E-state index contributed by atoms with van der Waals surface area (Å²) in [7, 11) is 1.63. The lowest BCUT2D eigenvalue weighted by molar-refractivity contribution is 0.174.